The molecule has 5 rings (SSSR count). The predicted octanol–water partition coefficient (Wildman–Crippen LogP) is 3.74. The number of carbonyl (C=O) groups is 3. The first-order valence-electron chi connectivity index (χ1n) is 11.0. The number of fused-ring (bicyclic) bond motifs is 2. The Bertz CT molecular complexity index is 1250. The van der Waals surface area contributed by atoms with Crippen LogP contribution in [0, 0.1) is 0 Å². The van der Waals surface area contributed by atoms with E-state index >= 15 is 0 Å². The lowest BCUT2D eigenvalue weighted by molar-refractivity contribution is -0.124. The summed E-state index contributed by atoms with van der Waals surface area (Å²) in [6.45, 7) is 0.00525. The summed E-state index contributed by atoms with van der Waals surface area (Å²) in [5, 5.41) is 8.16. The number of anilines is 1. The lowest BCUT2D eigenvalue weighted by Crippen LogP contribution is -2.50. The largest absolute Gasteiger partial charge is 0.352 e. The van der Waals surface area contributed by atoms with Gasteiger partial charge in [0, 0.05) is 40.1 Å². The maximum Gasteiger partial charge on any atom is 0.254 e. The number of benzene rings is 2. The molecule has 8 heteroatoms. The van der Waals surface area contributed by atoms with Gasteiger partial charge in [-0.25, -0.2) is 0 Å². The fourth-order valence-electron chi connectivity index (χ4n) is 4.38. The molecule has 0 spiro atoms. The van der Waals surface area contributed by atoms with Crippen molar-refractivity contribution in [2.45, 2.75) is 31.2 Å². The molecule has 1 aliphatic heterocycles. The molecule has 168 valence electrons. The predicted molar refractivity (Wildman–Crippen MR) is 126 cm³/mol. The topological polar surface area (TPSA) is 91.4 Å². The number of pyridine rings is 1. The van der Waals surface area contributed by atoms with Crippen LogP contribution < -0.4 is 10.6 Å². The second kappa shape index (κ2) is 8.83. The van der Waals surface area contributed by atoms with Crippen LogP contribution in [0.25, 0.3) is 10.8 Å². The second-order valence-corrected chi connectivity index (χ2v) is 9.00. The molecule has 1 aliphatic carbocycles. The molecule has 3 aromatic rings. The van der Waals surface area contributed by atoms with Gasteiger partial charge in [0.15, 0.2) is 0 Å². The minimum atomic E-state index is -0.674. The van der Waals surface area contributed by atoms with Crippen molar-refractivity contribution < 1.29 is 14.4 Å². The van der Waals surface area contributed by atoms with Crippen LogP contribution in [0.3, 0.4) is 0 Å². The number of nitrogens with zero attached hydrogens (tertiary/aromatic N) is 2. The number of aromatic nitrogens is 1. The average Bonchev–Trinajstić information content (AvgIpc) is 2.78. The quantitative estimate of drug-likeness (QED) is 0.604. The summed E-state index contributed by atoms with van der Waals surface area (Å²) in [7, 11) is 0. The third-order valence-corrected chi connectivity index (χ3v) is 6.59. The maximum absolute atomic E-state index is 13.4. The van der Waals surface area contributed by atoms with Crippen LogP contribution in [0.5, 0.6) is 0 Å². The van der Waals surface area contributed by atoms with Crippen molar-refractivity contribution in [3.8, 4) is 0 Å². The van der Waals surface area contributed by atoms with E-state index in [1.54, 1.807) is 30.6 Å². The van der Waals surface area contributed by atoms with E-state index in [9.17, 15) is 14.4 Å². The fraction of sp³-hybridized carbons (Fsp3) is 0.280. The highest BCUT2D eigenvalue weighted by Gasteiger charge is 2.36. The van der Waals surface area contributed by atoms with Crippen LogP contribution in [0.15, 0.2) is 54.9 Å². The van der Waals surface area contributed by atoms with Gasteiger partial charge in [-0.2, -0.15) is 0 Å². The molecule has 2 N–H and O–H groups in total. The smallest absolute Gasteiger partial charge is 0.254 e. The highest BCUT2D eigenvalue weighted by Crippen LogP contribution is 2.32. The average molecular weight is 463 g/mol. The molecule has 2 aromatic carbocycles. The highest BCUT2D eigenvalue weighted by molar-refractivity contribution is 6.30. The lowest BCUT2D eigenvalue weighted by Gasteiger charge is -2.34. The summed E-state index contributed by atoms with van der Waals surface area (Å²) in [5.74, 6) is -1.44. The van der Waals surface area contributed by atoms with E-state index in [1.165, 1.54) is 4.90 Å². The standard InChI is InChI=1S/C25H23ClN4O3/c26-16-8-9-19-20(10-16)21(13-30(25(19)33)14-23(31)28-17-5-3-6-17)24(32)29-22-12-27-11-15-4-1-2-7-18(15)22/h1-2,4,7-12,17,21H,3,5-6,13-14H2,(H,28,31)(H,29,32). The molecule has 1 aromatic heterocycles. The van der Waals surface area contributed by atoms with Crippen LogP contribution in [0.4, 0.5) is 5.69 Å². The van der Waals surface area contributed by atoms with Crippen molar-refractivity contribution in [3.05, 3.63) is 71.0 Å². The van der Waals surface area contributed by atoms with Gasteiger partial charge in [0.05, 0.1) is 24.3 Å². The monoisotopic (exact) mass is 462 g/mol. The van der Waals surface area contributed by atoms with Crippen LogP contribution in [-0.4, -0.2) is 46.7 Å². The SMILES string of the molecule is O=C(CN1CC(C(=O)Nc2cncc3ccccc23)c2cc(Cl)ccc2C1=O)NC1CCC1. The van der Waals surface area contributed by atoms with E-state index in [0.717, 1.165) is 30.0 Å². The molecule has 2 aliphatic rings. The number of hydrogen-bond donors (Lipinski definition) is 2. The van der Waals surface area contributed by atoms with E-state index in [-0.39, 0.29) is 36.9 Å². The van der Waals surface area contributed by atoms with E-state index in [0.29, 0.717) is 21.8 Å². The number of amides is 3. The van der Waals surface area contributed by atoms with Gasteiger partial charge in [-0.1, -0.05) is 35.9 Å². The molecule has 1 unspecified atom stereocenters. The Labute approximate surface area is 196 Å². The molecule has 1 atom stereocenters. The van der Waals surface area contributed by atoms with Crippen molar-refractivity contribution in [2.24, 2.45) is 0 Å². The first-order valence-corrected chi connectivity index (χ1v) is 11.4. The Balaban J connectivity index is 1.42. The number of halogens is 1. The molecule has 3 amide bonds. The van der Waals surface area contributed by atoms with E-state index < -0.39 is 5.92 Å². The summed E-state index contributed by atoms with van der Waals surface area (Å²) >= 11 is 6.20. The van der Waals surface area contributed by atoms with Crippen LogP contribution in [0.2, 0.25) is 5.02 Å². The molecule has 0 radical (unpaired) electrons. The normalized spacial score (nSPS) is 17.9. The van der Waals surface area contributed by atoms with E-state index in [4.69, 9.17) is 11.6 Å². The number of carbonyl (C=O) groups excluding carboxylic acids is 3. The van der Waals surface area contributed by atoms with Crippen molar-refractivity contribution in [1.82, 2.24) is 15.2 Å². The number of hydrogen-bond acceptors (Lipinski definition) is 4. The molecule has 0 bridgehead atoms. The zero-order valence-corrected chi connectivity index (χ0v) is 18.6. The summed E-state index contributed by atoms with van der Waals surface area (Å²) in [4.78, 5) is 44.7. The Kier molecular flexibility index (Phi) is 5.72. The summed E-state index contributed by atoms with van der Waals surface area (Å²) < 4.78 is 0. The van der Waals surface area contributed by atoms with Gasteiger partial charge in [0.2, 0.25) is 11.8 Å². The first kappa shape index (κ1) is 21.4. The van der Waals surface area contributed by atoms with Gasteiger partial charge < -0.3 is 15.5 Å². The van der Waals surface area contributed by atoms with Crippen molar-refractivity contribution in [1.29, 1.82) is 0 Å². The zero-order valence-electron chi connectivity index (χ0n) is 17.9. The van der Waals surface area contributed by atoms with Crippen molar-refractivity contribution in [2.75, 3.05) is 18.4 Å². The Morgan fingerprint density at radius 2 is 1.94 bits per heavy atom. The maximum atomic E-state index is 13.4. The third-order valence-electron chi connectivity index (χ3n) is 6.36. The minimum absolute atomic E-state index is 0.0863. The van der Waals surface area contributed by atoms with E-state index in [2.05, 4.69) is 15.6 Å². The zero-order chi connectivity index (χ0) is 22.9. The summed E-state index contributed by atoms with van der Waals surface area (Å²) in [6.07, 6.45) is 6.38. The molecule has 0 saturated heterocycles. The number of nitrogens with one attached hydrogen (secondary N) is 2. The Morgan fingerprint density at radius 1 is 1.12 bits per heavy atom. The summed E-state index contributed by atoms with van der Waals surface area (Å²) in [6, 6.07) is 12.7. The summed E-state index contributed by atoms with van der Waals surface area (Å²) in [5.41, 5.74) is 1.54. The molecular formula is C25H23ClN4O3. The van der Waals surface area contributed by atoms with Gasteiger partial charge in [-0.05, 0) is 43.0 Å². The molecule has 33 heavy (non-hydrogen) atoms. The van der Waals surface area contributed by atoms with E-state index in [1.807, 2.05) is 24.3 Å². The van der Waals surface area contributed by atoms with Crippen LogP contribution >= 0.6 is 11.6 Å². The number of rotatable bonds is 5. The van der Waals surface area contributed by atoms with Gasteiger partial charge in [-0.3, -0.25) is 19.4 Å². The Hall–Kier alpha value is -3.45. The molecule has 1 fully saturated rings. The van der Waals surface area contributed by atoms with Gasteiger partial charge in [0.25, 0.3) is 5.91 Å². The van der Waals surface area contributed by atoms with Gasteiger partial charge in [0.1, 0.15) is 0 Å². The van der Waals surface area contributed by atoms with Gasteiger partial charge in [-0.15, -0.1) is 0 Å². The van der Waals surface area contributed by atoms with Crippen LogP contribution in [-0.2, 0) is 9.59 Å². The fourth-order valence-corrected chi connectivity index (χ4v) is 4.56. The van der Waals surface area contributed by atoms with Crippen molar-refractivity contribution >= 4 is 45.8 Å². The van der Waals surface area contributed by atoms with Crippen molar-refractivity contribution in [3.63, 3.8) is 0 Å². The third kappa shape index (κ3) is 4.28. The second-order valence-electron chi connectivity index (χ2n) is 8.56. The molecule has 1 saturated carbocycles. The first-order chi connectivity index (χ1) is 16.0. The van der Waals surface area contributed by atoms with Gasteiger partial charge >= 0.3 is 0 Å². The molecule has 7 nitrogen and oxygen atoms in total. The molecule has 2 heterocycles. The van der Waals surface area contributed by atoms with Crippen LogP contribution in [0.1, 0.15) is 41.1 Å². The molecular weight excluding hydrogens is 440 g/mol. The minimum Gasteiger partial charge on any atom is -0.352 e. The lowest BCUT2D eigenvalue weighted by atomic mass is 9.88. The Morgan fingerprint density at radius 3 is 2.73 bits per heavy atom. The highest BCUT2D eigenvalue weighted by atomic mass is 35.5.